The van der Waals surface area contributed by atoms with Gasteiger partial charge in [-0.05, 0) is 25.3 Å². The second kappa shape index (κ2) is 6.29. The molecule has 1 fully saturated rings. The minimum absolute atomic E-state index is 0.0259. The molecule has 1 aromatic carbocycles. The molecule has 0 radical (unpaired) electrons. The molecule has 3 unspecified atom stereocenters. The van der Waals surface area contributed by atoms with Crippen LogP contribution in [0.3, 0.4) is 0 Å². The molecule has 3 atom stereocenters. The Balaban J connectivity index is 2.22. The van der Waals surface area contributed by atoms with Gasteiger partial charge >= 0.3 is 0 Å². The van der Waals surface area contributed by atoms with Crippen LogP contribution in [0.4, 0.5) is 0 Å². The smallest absolute Gasteiger partial charge is 0.246 e. The van der Waals surface area contributed by atoms with E-state index in [9.17, 15) is 9.59 Å². The third-order valence-electron chi connectivity index (χ3n) is 4.34. The molecule has 1 aromatic rings. The third kappa shape index (κ3) is 3.26. The predicted octanol–water partition coefficient (Wildman–Crippen LogP) is 2.26. The van der Waals surface area contributed by atoms with E-state index >= 15 is 0 Å². The van der Waals surface area contributed by atoms with Gasteiger partial charge in [0.25, 0.3) is 0 Å². The Morgan fingerprint density at radius 3 is 2.67 bits per heavy atom. The summed E-state index contributed by atoms with van der Waals surface area (Å²) in [5.74, 6) is 0.111. The molecule has 0 aromatic heterocycles. The second-order valence-corrected chi connectivity index (χ2v) is 6.00. The molecule has 21 heavy (non-hydrogen) atoms. The lowest BCUT2D eigenvalue weighted by Gasteiger charge is -2.39. The van der Waals surface area contributed by atoms with E-state index in [4.69, 9.17) is 0 Å². The van der Waals surface area contributed by atoms with Crippen molar-refractivity contribution in [2.45, 2.75) is 52.7 Å². The number of piperazine rings is 1. The standard InChI is InChI=1S/C17H24N2O2/c1-5-12(3)15-17(21)19(13(4)16(20)18-15)10-14-8-6-7-11(2)9-14/h6-9,12-13,15H,5,10H2,1-4H3,(H,18,20). The molecular weight excluding hydrogens is 264 g/mol. The van der Waals surface area contributed by atoms with Crippen LogP contribution in [-0.4, -0.2) is 28.8 Å². The van der Waals surface area contributed by atoms with E-state index in [1.165, 1.54) is 0 Å². The van der Waals surface area contributed by atoms with Crippen LogP contribution in [0.2, 0.25) is 0 Å². The van der Waals surface area contributed by atoms with Gasteiger partial charge in [-0.1, -0.05) is 50.1 Å². The summed E-state index contributed by atoms with van der Waals surface area (Å²) in [6, 6.07) is 7.25. The Labute approximate surface area is 126 Å². The Morgan fingerprint density at radius 1 is 1.33 bits per heavy atom. The van der Waals surface area contributed by atoms with Gasteiger partial charge in [0.05, 0.1) is 0 Å². The zero-order valence-corrected chi connectivity index (χ0v) is 13.2. The first kappa shape index (κ1) is 15.5. The molecule has 0 saturated carbocycles. The maximum atomic E-state index is 12.7. The lowest BCUT2D eigenvalue weighted by atomic mass is 9.94. The number of hydrogen-bond acceptors (Lipinski definition) is 2. The lowest BCUT2D eigenvalue weighted by Crippen LogP contribution is -2.63. The average molecular weight is 288 g/mol. The molecule has 0 aliphatic carbocycles. The first-order valence-corrected chi connectivity index (χ1v) is 7.60. The van der Waals surface area contributed by atoms with Crippen LogP contribution >= 0.6 is 0 Å². The summed E-state index contributed by atoms with van der Waals surface area (Å²) in [5, 5.41) is 2.86. The Kier molecular flexibility index (Phi) is 4.66. The first-order chi connectivity index (χ1) is 9.93. The number of carbonyl (C=O) groups is 2. The highest BCUT2D eigenvalue weighted by Gasteiger charge is 2.39. The van der Waals surface area contributed by atoms with E-state index in [0.717, 1.165) is 17.5 Å². The van der Waals surface area contributed by atoms with E-state index in [1.807, 2.05) is 39.0 Å². The number of rotatable bonds is 4. The minimum Gasteiger partial charge on any atom is -0.342 e. The highest BCUT2D eigenvalue weighted by molar-refractivity contribution is 5.96. The summed E-state index contributed by atoms with van der Waals surface area (Å²) < 4.78 is 0. The topological polar surface area (TPSA) is 49.4 Å². The van der Waals surface area contributed by atoms with Gasteiger partial charge in [0.2, 0.25) is 11.8 Å². The Hall–Kier alpha value is -1.84. The number of amides is 2. The van der Waals surface area contributed by atoms with E-state index in [1.54, 1.807) is 11.8 Å². The highest BCUT2D eigenvalue weighted by Crippen LogP contribution is 2.20. The van der Waals surface area contributed by atoms with Crippen LogP contribution in [-0.2, 0) is 16.1 Å². The summed E-state index contributed by atoms with van der Waals surface area (Å²) in [4.78, 5) is 26.5. The summed E-state index contributed by atoms with van der Waals surface area (Å²) in [6.45, 7) is 8.34. The number of hydrogen-bond donors (Lipinski definition) is 1. The molecule has 2 rings (SSSR count). The van der Waals surface area contributed by atoms with E-state index in [2.05, 4.69) is 11.4 Å². The van der Waals surface area contributed by atoms with Gasteiger partial charge in [-0.15, -0.1) is 0 Å². The summed E-state index contributed by atoms with van der Waals surface area (Å²) in [7, 11) is 0. The van der Waals surface area contributed by atoms with Crippen molar-refractivity contribution in [1.29, 1.82) is 0 Å². The zero-order chi connectivity index (χ0) is 15.6. The van der Waals surface area contributed by atoms with Gasteiger partial charge < -0.3 is 10.2 Å². The van der Waals surface area contributed by atoms with Crippen LogP contribution in [0.15, 0.2) is 24.3 Å². The fourth-order valence-electron chi connectivity index (χ4n) is 2.69. The number of benzene rings is 1. The fraction of sp³-hybridized carbons (Fsp3) is 0.529. The normalized spacial score (nSPS) is 23.9. The predicted molar refractivity (Wildman–Crippen MR) is 82.6 cm³/mol. The van der Waals surface area contributed by atoms with E-state index in [-0.39, 0.29) is 17.7 Å². The molecule has 0 spiro atoms. The van der Waals surface area contributed by atoms with Crippen molar-refractivity contribution < 1.29 is 9.59 Å². The van der Waals surface area contributed by atoms with Crippen molar-refractivity contribution in [1.82, 2.24) is 10.2 Å². The van der Waals surface area contributed by atoms with Crippen LogP contribution in [0.1, 0.15) is 38.3 Å². The number of nitrogens with one attached hydrogen (secondary N) is 1. The quantitative estimate of drug-likeness (QED) is 0.924. The lowest BCUT2D eigenvalue weighted by molar-refractivity contribution is -0.150. The summed E-state index contributed by atoms with van der Waals surface area (Å²) in [6.07, 6.45) is 0.864. The fourth-order valence-corrected chi connectivity index (χ4v) is 2.69. The van der Waals surface area contributed by atoms with Crippen LogP contribution in [0.25, 0.3) is 0 Å². The number of aryl methyl sites for hydroxylation is 1. The molecule has 4 heteroatoms. The van der Waals surface area contributed by atoms with Crippen molar-refractivity contribution in [3.63, 3.8) is 0 Å². The maximum absolute atomic E-state index is 12.7. The molecule has 4 nitrogen and oxygen atoms in total. The average Bonchev–Trinajstić information content (AvgIpc) is 2.46. The highest BCUT2D eigenvalue weighted by atomic mass is 16.2. The van der Waals surface area contributed by atoms with Gasteiger partial charge in [-0.25, -0.2) is 0 Å². The van der Waals surface area contributed by atoms with Gasteiger partial charge in [0.15, 0.2) is 0 Å². The molecule has 1 aliphatic heterocycles. The minimum atomic E-state index is -0.418. The van der Waals surface area contributed by atoms with Crippen molar-refractivity contribution >= 4 is 11.8 Å². The van der Waals surface area contributed by atoms with E-state index < -0.39 is 12.1 Å². The van der Waals surface area contributed by atoms with Crippen molar-refractivity contribution in [2.75, 3.05) is 0 Å². The summed E-state index contributed by atoms with van der Waals surface area (Å²) in [5.41, 5.74) is 2.22. The van der Waals surface area contributed by atoms with Crippen LogP contribution < -0.4 is 5.32 Å². The number of carbonyl (C=O) groups excluding carboxylic acids is 2. The van der Waals surface area contributed by atoms with E-state index in [0.29, 0.717) is 6.54 Å². The molecule has 0 bridgehead atoms. The van der Waals surface area contributed by atoms with Crippen molar-refractivity contribution in [3.05, 3.63) is 35.4 Å². The van der Waals surface area contributed by atoms with Crippen LogP contribution in [0, 0.1) is 12.8 Å². The van der Waals surface area contributed by atoms with Gasteiger partial charge in [0, 0.05) is 6.54 Å². The monoisotopic (exact) mass is 288 g/mol. The molecule has 1 saturated heterocycles. The zero-order valence-electron chi connectivity index (χ0n) is 13.2. The summed E-state index contributed by atoms with van der Waals surface area (Å²) >= 11 is 0. The van der Waals surface area contributed by atoms with Gasteiger partial charge in [0.1, 0.15) is 12.1 Å². The SMILES string of the molecule is CCC(C)C1NC(=O)C(C)N(Cc2cccc(C)c2)C1=O. The molecule has 1 heterocycles. The molecule has 114 valence electrons. The van der Waals surface area contributed by atoms with Crippen molar-refractivity contribution in [2.24, 2.45) is 5.92 Å². The second-order valence-electron chi connectivity index (χ2n) is 6.00. The van der Waals surface area contributed by atoms with Crippen LogP contribution in [0.5, 0.6) is 0 Å². The Morgan fingerprint density at radius 2 is 2.05 bits per heavy atom. The molecular formula is C17H24N2O2. The maximum Gasteiger partial charge on any atom is 0.246 e. The molecule has 1 N–H and O–H groups in total. The first-order valence-electron chi connectivity index (χ1n) is 7.60. The Bertz CT molecular complexity index is 541. The van der Waals surface area contributed by atoms with Gasteiger partial charge in [-0.2, -0.15) is 0 Å². The number of nitrogens with zero attached hydrogens (tertiary/aromatic N) is 1. The molecule has 1 aliphatic rings. The van der Waals surface area contributed by atoms with Gasteiger partial charge in [-0.3, -0.25) is 9.59 Å². The largest absolute Gasteiger partial charge is 0.342 e. The van der Waals surface area contributed by atoms with Crippen molar-refractivity contribution in [3.8, 4) is 0 Å². The third-order valence-corrected chi connectivity index (χ3v) is 4.34. The molecule has 2 amide bonds.